The van der Waals surface area contributed by atoms with Crippen LogP contribution in [-0.4, -0.2) is 26.1 Å². The lowest BCUT2D eigenvalue weighted by Gasteiger charge is -2.28. The first-order valence-electron chi connectivity index (χ1n) is 9.85. The van der Waals surface area contributed by atoms with Crippen LogP contribution in [0.1, 0.15) is 30.7 Å². The zero-order valence-corrected chi connectivity index (χ0v) is 19.2. The predicted octanol–water partition coefficient (Wildman–Crippen LogP) is 6.56. The summed E-state index contributed by atoms with van der Waals surface area (Å²) in [6.07, 6.45) is -4.35. The highest BCUT2D eigenvalue weighted by molar-refractivity contribution is 9.10. The fourth-order valence-corrected chi connectivity index (χ4v) is 3.67. The second-order valence-corrected chi connectivity index (χ2v) is 9.00. The molecule has 0 amide bonds. The molecule has 0 atom stereocenters. The summed E-state index contributed by atoms with van der Waals surface area (Å²) in [7, 11) is 0. The van der Waals surface area contributed by atoms with Crippen LogP contribution in [0.5, 0.6) is 0 Å². The Bertz CT molecular complexity index is 1240. The first-order valence-corrected chi connectivity index (χ1v) is 10.6. The molecule has 0 radical (unpaired) electrons. The van der Waals surface area contributed by atoms with Gasteiger partial charge in [0, 0.05) is 15.7 Å². The summed E-state index contributed by atoms with van der Waals surface area (Å²) in [6, 6.07) is 15.8. The van der Waals surface area contributed by atoms with Crippen LogP contribution in [0.4, 0.5) is 13.2 Å². The van der Waals surface area contributed by atoms with Crippen LogP contribution < -0.4 is 0 Å². The van der Waals surface area contributed by atoms with Crippen molar-refractivity contribution in [2.24, 2.45) is 0 Å². The third kappa shape index (κ3) is 4.34. The van der Waals surface area contributed by atoms with Gasteiger partial charge < -0.3 is 4.52 Å². The molecule has 9 heteroatoms. The van der Waals surface area contributed by atoms with E-state index in [2.05, 4.69) is 31.2 Å². The molecule has 0 saturated heterocycles. The largest absolute Gasteiger partial charge is 0.397 e. The summed E-state index contributed by atoms with van der Waals surface area (Å²) in [4.78, 5) is 4.38. The van der Waals surface area contributed by atoms with Crippen LogP contribution >= 0.6 is 15.9 Å². The molecule has 0 aliphatic rings. The van der Waals surface area contributed by atoms with E-state index in [9.17, 15) is 13.2 Å². The Morgan fingerprint density at radius 3 is 2.41 bits per heavy atom. The van der Waals surface area contributed by atoms with Gasteiger partial charge in [-0.25, -0.2) is 0 Å². The Morgan fingerprint density at radius 1 is 1.03 bits per heavy atom. The van der Waals surface area contributed by atoms with E-state index < -0.39 is 11.6 Å². The molecule has 0 aliphatic heterocycles. The zero-order chi connectivity index (χ0) is 23.1. The van der Waals surface area contributed by atoms with Crippen LogP contribution in [0.3, 0.4) is 0 Å². The molecule has 0 fully saturated rings. The average molecular weight is 505 g/mol. The summed E-state index contributed by atoms with van der Waals surface area (Å²) >= 11 is 3.47. The molecule has 2 aromatic heterocycles. The fourth-order valence-electron chi connectivity index (χ4n) is 3.23. The summed E-state index contributed by atoms with van der Waals surface area (Å²) < 4.78 is 48.0. The second kappa shape index (κ2) is 8.20. The summed E-state index contributed by atoms with van der Waals surface area (Å²) in [5.41, 5.74) is 1.33. The molecular weight excluding hydrogens is 485 g/mol. The number of aromatic nitrogens is 4. The van der Waals surface area contributed by atoms with E-state index in [1.165, 1.54) is 12.1 Å². The van der Waals surface area contributed by atoms with Crippen LogP contribution in [0, 0.1) is 6.92 Å². The van der Waals surface area contributed by atoms with E-state index in [1.54, 1.807) is 12.1 Å². The van der Waals surface area contributed by atoms with Crippen molar-refractivity contribution in [1.82, 2.24) is 19.9 Å². The lowest BCUT2D eigenvalue weighted by atomic mass is 9.83. The molecule has 0 unspecified atom stereocenters. The van der Waals surface area contributed by atoms with Gasteiger partial charge in [-0.2, -0.15) is 23.3 Å². The molecule has 0 aliphatic carbocycles. The summed E-state index contributed by atoms with van der Waals surface area (Å²) in [6.45, 7) is 4.83. The van der Waals surface area contributed by atoms with E-state index in [0.29, 0.717) is 17.8 Å². The average Bonchev–Trinajstić information content (AvgIpc) is 3.35. The van der Waals surface area contributed by atoms with Gasteiger partial charge in [-0.05, 0) is 50.1 Å². The fraction of sp³-hybridized carbons (Fsp3) is 0.261. The minimum atomic E-state index is -4.35. The van der Waals surface area contributed by atoms with Crippen LogP contribution in [0.2, 0.25) is 0 Å². The molecule has 0 spiro atoms. The van der Waals surface area contributed by atoms with E-state index in [0.717, 1.165) is 29.6 Å². The molecule has 4 aromatic rings. The van der Waals surface area contributed by atoms with Gasteiger partial charge >= 0.3 is 6.18 Å². The molecule has 5 nitrogen and oxygen atoms in total. The van der Waals surface area contributed by atoms with Crippen molar-refractivity contribution >= 4 is 15.9 Å². The van der Waals surface area contributed by atoms with E-state index in [1.807, 2.05) is 41.9 Å². The van der Waals surface area contributed by atoms with Gasteiger partial charge in [0.25, 0.3) is 5.89 Å². The van der Waals surface area contributed by atoms with Crippen molar-refractivity contribution in [3.63, 3.8) is 0 Å². The number of alkyl halides is 3. The van der Waals surface area contributed by atoms with Crippen molar-refractivity contribution < 1.29 is 17.7 Å². The quantitative estimate of drug-likeness (QED) is 0.308. The Morgan fingerprint density at radius 2 is 1.75 bits per heavy atom. The molecule has 166 valence electrons. The lowest BCUT2D eigenvalue weighted by molar-refractivity contribution is -0.180. The predicted molar refractivity (Wildman–Crippen MR) is 118 cm³/mol. The molecule has 4 rings (SSSR count). The SMILES string of the molecule is Cc1cc(-c2nc(-c3ccc(C(C)(C)C(F)(F)F)cc3)no2)nn1Cc1cccc(Br)c1. The topological polar surface area (TPSA) is 56.7 Å². The first-order chi connectivity index (χ1) is 15.0. The highest BCUT2D eigenvalue weighted by atomic mass is 79.9. The van der Waals surface area contributed by atoms with Crippen molar-refractivity contribution in [2.75, 3.05) is 0 Å². The number of benzene rings is 2. The lowest BCUT2D eigenvalue weighted by Crippen LogP contribution is -2.36. The summed E-state index contributed by atoms with van der Waals surface area (Å²) in [5.74, 6) is 0.534. The summed E-state index contributed by atoms with van der Waals surface area (Å²) in [5, 5.41) is 8.54. The standard InChI is InChI=1S/C23H20BrF3N4O/c1-14-11-19(29-31(14)13-15-5-4-6-18(24)12-15)21-28-20(30-32-21)16-7-9-17(10-8-16)22(2,3)23(25,26)27/h4-12H,13H2,1-3H3. The Balaban J connectivity index is 1.56. The van der Waals surface area contributed by atoms with E-state index >= 15 is 0 Å². The normalized spacial score (nSPS) is 12.3. The second-order valence-electron chi connectivity index (χ2n) is 8.08. The van der Waals surface area contributed by atoms with Gasteiger partial charge in [-0.15, -0.1) is 0 Å². The Labute approximate surface area is 191 Å². The van der Waals surface area contributed by atoms with Crippen molar-refractivity contribution in [1.29, 1.82) is 0 Å². The van der Waals surface area contributed by atoms with Crippen molar-refractivity contribution in [3.8, 4) is 23.0 Å². The van der Waals surface area contributed by atoms with Gasteiger partial charge in [0.05, 0.1) is 12.0 Å². The number of nitrogens with zero attached hydrogens (tertiary/aromatic N) is 4. The number of rotatable bonds is 5. The molecule has 32 heavy (non-hydrogen) atoms. The van der Waals surface area contributed by atoms with Gasteiger partial charge in [-0.1, -0.05) is 57.5 Å². The van der Waals surface area contributed by atoms with Gasteiger partial charge in [-0.3, -0.25) is 4.68 Å². The third-order valence-corrected chi connectivity index (χ3v) is 5.91. The monoisotopic (exact) mass is 504 g/mol. The Kier molecular flexibility index (Phi) is 5.70. The molecule has 2 heterocycles. The van der Waals surface area contributed by atoms with Crippen LogP contribution in [-0.2, 0) is 12.0 Å². The highest BCUT2D eigenvalue weighted by Crippen LogP contribution is 2.40. The van der Waals surface area contributed by atoms with E-state index in [4.69, 9.17) is 4.52 Å². The van der Waals surface area contributed by atoms with Crippen LogP contribution in [0.25, 0.3) is 23.0 Å². The van der Waals surface area contributed by atoms with E-state index in [-0.39, 0.29) is 17.3 Å². The smallest absolute Gasteiger partial charge is 0.332 e. The number of hydrogen-bond acceptors (Lipinski definition) is 4. The Hall–Kier alpha value is -2.94. The number of hydrogen-bond donors (Lipinski definition) is 0. The highest BCUT2D eigenvalue weighted by Gasteiger charge is 2.48. The van der Waals surface area contributed by atoms with Crippen molar-refractivity contribution in [3.05, 3.63) is 75.9 Å². The van der Waals surface area contributed by atoms with Crippen molar-refractivity contribution in [2.45, 2.75) is 38.9 Å². The third-order valence-electron chi connectivity index (χ3n) is 5.42. The maximum Gasteiger partial charge on any atom is 0.397 e. The van der Waals surface area contributed by atoms with Gasteiger partial charge in [0.15, 0.2) is 5.69 Å². The molecule has 0 saturated carbocycles. The van der Waals surface area contributed by atoms with Gasteiger partial charge in [0.2, 0.25) is 5.82 Å². The molecular formula is C23H20BrF3N4O. The molecule has 0 N–H and O–H groups in total. The maximum absolute atomic E-state index is 13.3. The first kappa shape index (κ1) is 22.3. The van der Waals surface area contributed by atoms with Gasteiger partial charge in [0.1, 0.15) is 0 Å². The molecule has 0 bridgehead atoms. The van der Waals surface area contributed by atoms with Crippen LogP contribution in [0.15, 0.2) is 63.6 Å². The minimum Gasteiger partial charge on any atom is -0.332 e. The maximum atomic E-state index is 13.3. The number of halogens is 4. The number of aryl methyl sites for hydroxylation is 1. The minimum absolute atomic E-state index is 0.166. The molecule has 2 aromatic carbocycles. The zero-order valence-electron chi connectivity index (χ0n) is 17.6.